The van der Waals surface area contributed by atoms with Crippen molar-refractivity contribution >= 4 is 34.8 Å². The predicted molar refractivity (Wildman–Crippen MR) is 94.8 cm³/mol. The third-order valence-corrected chi connectivity index (χ3v) is 4.52. The molecule has 1 amide bonds. The number of nitriles is 1. The first-order valence-electron chi connectivity index (χ1n) is 7.80. The number of benzene rings is 1. The molecule has 1 saturated heterocycles. The number of rotatable bonds is 5. The summed E-state index contributed by atoms with van der Waals surface area (Å²) < 4.78 is 0. The van der Waals surface area contributed by atoms with Crippen LogP contribution in [-0.4, -0.2) is 35.1 Å². The van der Waals surface area contributed by atoms with Gasteiger partial charge < -0.3 is 15.3 Å². The maximum absolute atomic E-state index is 12.3. The molecule has 0 aliphatic carbocycles. The zero-order valence-electron chi connectivity index (χ0n) is 13.1. The van der Waals surface area contributed by atoms with Crippen molar-refractivity contribution in [3.8, 4) is 6.07 Å². The molecule has 1 aliphatic heterocycles. The zero-order valence-corrected chi connectivity index (χ0v) is 14.6. The van der Waals surface area contributed by atoms with Gasteiger partial charge in [0.25, 0.3) is 5.91 Å². The lowest BCUT2D eigenvalue weighted by Crippen LogP contribution is -2.37. The van der Waals surface area contributed by atoms with E-state index in [1.807, 2.05) is 11.0 Å². The Labute approximate surface area is 151 Å². The van der Waals surface area contributed by atoms with E-state index in [0.29, 0.717) is 22.2 Å². The van der Waals surface area contributed by atoms with Gasteiger partial charge in [0, 0.05) is 30.4 Å². The minimum Gasteiger partial charge on any atom is -0.396 e. The van der Waals surface area contributed by atoms with Gasteiger partial charge in [-0.15, -0.1) is 0 Å². The van der Waals surface area contributed by atoms with Crippen molar-refractivity contribution in [3.63, 3.8) is 0 Å². The number of hydrogen-bond donors (Lipinski definition) is 2. The molecule has 2 N–H and O–H groups in total. The van der Waals surface area contributed by atoms with E-state index in [1.165, 1.54) is 6.07 Å². The fraction of sp³-hybridized carbons (Fsp3) is 0.412. The van der Waals surface area contributed by atoms with E-state index >= 15 is 0 Å². The van der Waals surface area contributed by atoms with Crippen molar-refractivity contribution < 1.29 is 9.90 Å². The van der Waals surface area contributed by atoms with Crippen LogP contribution in [0, 0.1) is 11.3 Å². The highest BCUT2D eigenvalue weighted by Crippen LogP contribution is 2.26. The minimum absolute atomic E-state index is 0.00542. The van der Waals surface area contributed by atoms with Crippen molar-refractivity contribution in [2.75, 3.05) is 18.5 Å². The van der Waals surface area contributed by atoms with Crippen LogP contribution >= 0.6 is 23.2 Å². The zero-order chi connectivity index (χ0) is 17.5. The average molecular weight is 368 g/mol. The fourth-order valence-corrected chi connectivity index (χ4v) is 3.19. The van der Waals surface area contributed by atoms with E-state index in [-0.39, 0.29) is 18.2 Å². The molecule has 5 nitrogen and oxygen atoms in total. The molecule has 1 aromatic carbocycles. The largest absolute Gasteiger partial charge is 0.396 e. The summed E-state index contributed by atoms with van der Waals surface area (Å²) in [4.78, 5) is 14.3. The van der Waals surface area contributed by atoms with E-state index in [4.69, 9.17) is 28.3 Å². The first-order valence-corrected chi connectivity index (χ1v) is 8.55. The van der Waals surface area contributed by atoms with Gasteiger partial charge in [-0.1, -0.05) is 23.2 Å². The summed E-state index contributed by atoms with van der Waals surface area (Å²) in [6.07, 6.45) is 5.24. The quantitative estimate of drug-likeness (QED) is 0.615. The molecule has 0 radical (unpaired) electrons. The van der Waals surface area contributed by atoms with Crippen LogP contribution < -0.4 is 5.32 Å². The molecule has 2 rings (SSSR count). The predicted octanol–water partition coefficient (Wildman–Crippen LogP) is 3.58. The number of carbonyl (C=O) groups is 1. The number of nitrogens with one attached hydrogen (secondary N) is 1. The molecule has 0 aromatic heterocycles. The Balaban J connectivity index is 2.14. The lowest BCUT2D eigenvalue weighted by atomic mass is 10.00. The van der Waals surface area contributed by atoms with E-state index in [1.54, 1.807) is 18.3 Å². The van der Waals surface area contributed by atoms with E-state index < -0.39 is 5.91 Å². The molecule has 0 saturated carbocycles. The summed E-state index contributed by atoms with van der Waals surface area (Å²) in [6.45, 7) is 0.855. The number of amides is 1. The van der Waals surface area contributed by atoms with Crippen molar-refractivity contribution in [2.45, 2.75) is 31.7 Å². The number of hydrogen-bond acceptors (Lipinski definition) is 4. The highest BCUT2D eigenvalue weighted by molar-refractivity contribution is 6.36. The smallest absolute Gasteiger partial charge is 0.267 e. The number of piperidine rings is 1. The highest BCUT2D eigenvalue weighted by atomic mass is 35.5. The van der Waals surface area contributed by atoms with Crippen LogP contribution in [-0.2, 0) is 4.79 Å². The van der Waals surface area contributed by atoms with Gasteiger partial charge in [0.1, 0.15) is 11.6 Å². The van der Waals surface area contributed by atoms with Gasteiger partial charge in [-0.25, -0.2) is 0 Å². The minimum atomic E-state index is -0.518. The highest BCUT2D eigenvalue weighted by Gasteiger charge is 2.21. The standard InChI is InChI=1S/C17H19Cl2N3O2/c18-13-4-5-16(15(19)9-13)21-17(24)12(10-20)11-22-7-2-1-3-14(22)6-8-23/h4-5,9,11,14,23H,1-3,6-8H2,(H,21,24)/b12-11-. The number of nitrogens with zero attached hydrogens (tertiary/aromatic N) is 2. The molecule has 1 aliphatic rings. The number of aliphatic hydroxyl groups is 1. The number of carbonyl (C=O) groups excluding carboxylic acids is 1. The van der Waals surface area contributed by atoms with Crippen LogP contribution in [0.5, 0.6) is 0 Å². The first-order chi connectivity index (χ1) is 11.5. The number of halogens is 2. The average Bonchev–Trinajstić information content (AvgIpc) is 2.56. The molecule has 1 aromatic rings. The van der Waals surface area contributed by atoms with Gasteiger partial charge in [-0.05, 0) is 43.9 Å². The van der Waals surface area contributed by atoms with Gasteiger partial charge in [-0.3, -0.25) is 4.79 Å². The first kappa shape index (κ1) is 18.6. The Bertz CT molecular complexity index is 668. The van der Waals surface area contributed by atoms with Gasteiger partial charge in [-0.2, -0.15) is 5.26 Å². The molecule has 128 valence electrons. The van der Waals surface area contributed by atoms with Gasteiger partial charge in [0.15, 0.2) is 0 Å². The molecule has 24 heavy (non-hydrogen) atoms. The molecule has 7 heteroatoms. The Morgan fingerprint density at radius 3 is 2.92 bits per heavy atom. The summed E-state index contributed by atoms with van der Waals surface area (Å²) in [5.41, 5.74) is 0.406. The Hall–Kier alpha value is -1.74. The number of likely N-dealkylation sites (tertiary alicyclic amines) is 1. The Morgan fingerprint density at radius 1 is 1.46 bits per heavy atom. The molecule has 1 unspecified atom stereocenters. The third-order valence-electron chi connectivity index (χ3n) is 3.97. The summed E-state index contributed by atoms with van der Waals surface area (Å²) in [6, 6.07) is 6.82. The van der Waals surface area contributed by atoms with Crippen LogP contribution in [0.2, 0.25) is 10.0 Å². The van der Waals surface area contributed by atoms with Crippen molar-refractivity contribution in [3.05, 3.63) is 40.0 Å². The molecule has 1 fully saturated rings. The second-order valence-corrected chi connectivity index (χ2v) is 6.48. The lowest BCUT2D eigenvalue weighted by Gasteiger charge is -2.34. The van der Waals surface area contributed by atoms with E-state index in [9.17, 15) is 10.1 Å². The molecule has 0 bridgehead atoms. The van der Waals surface area contributed by atoms with Crippen LogP contribution in [0.3, 0.4) is 0 Å². The van der Waals surface area contributed by atoms with Gasteiger partial charge in [0.05, 0.1) is 10.7 Å². The monoisotopic (exact) mass is 367 g/mol. The summed E-state index contributed by atoms with van der Waals surface area (Å²) >= 11 is 11.9. The SMILES string of the molecule is N#C/C(=C/N1CCCCC1CCO)C(=O)Nc1ccc(Cl)cc1Cl. The summed E-state index contributed by atoms with van der Waals surface area (Å²) in [7, 11) is 0. The second kappa shape index (κ2) is 8.93. The lowest BCUT2D eigenvalue weighted by molar-refractivity contribution is -0.112. The molecular weight excluding hydrogens is 349 g/mol. The molecule has 1 atom stereocenters. The van der Waals surface area contributed by atoms with E-state index in [2.05, 4.69) is 5.32 Å². The maximum atomic E-state index is 12.3. The summed E-state index contributed by atoms with van der Waals surface area (Å²) in [5, 5.41) is 21.9. The summed E-state index contributed by atoms with van der Waals surface area (Å²) in [5.74, 6) is -0.518. The van der Waals surface area contributed by atoms with Gasteiger partial charge in [0.2, 0.25) is 0 Å². The normalized spacial score (nSPS) is 18.2. The molecular formula is C17H19Cl2N3O2. The van der Waals surface area contributed by atoms with Crippen LogP contribution in [0.25, 0.3) is 0 Å². The van der Waals surface area contributed by atoms with Crippen LogP contribution in [0.15, 0.2) is 30.0 Å². The fourth-order valence-electron chi connectivity index (χ4n) is 2.74. The van der Waals surface area contributed by atoms with Gasteiger partial charge >= 0.3 is 0 Å². The van der Waals surface area contributed by atoms with Crippen molar-refractivity contribution in [1.82, 2.24) is 4.90 Å². The third kappa shape index (κ3) is 4.88. The van der Waals surface area contributed by atoms with Crippen LogP contribution in [0.1, 0.15) is 25.7 Å². The Kier molecular flexibility index (Phi) is 6.92. The van der Waals surface area contributed by atoms with Crippen molar-refractivity contribution in [2.24, 2.45) is 0 Å². The molecule has 1 heterocycles. The molecule has 0 spiro atoms. The van der Waals surface area contributed by atoms with E-state index in [0.717, 1.165) is 25.8 Å². The number of anilines is 1. The topological polar surface area (TPSA) is 76.4 Å². The second-order valence-electron chi connectivity index (χ2n) is 5.63. The number of aliphatic hydroxyl groups excluding tert-OH is 1. The Morgan fingerprint density at radius 2 is 2.25 bits per heavy atom. The van der Waals surface area contributed by atoms with Crippen molar-refractivity contribution in [1.29, 1.82) is 5.26 Å². The van der Waals surface area contributed by atoms with Crippen LogP contribution in [0.4, 0.5) is 5.69 Å². The maximum Gasteiger partial charge on any atom is 0.267 e.